The molecule has 0 aliphatic rings. The third-order valence-corrected chi connectivity index (χ3v) is 5.46. The van der Waals surface area contributed by atoms with E-state index in [1.807, 2.05) is 26.8 Å². The fourth-order valence-corrected chi connectivity index (χ4v) is 3.60. The minimum atomic E-state index is -3.77. The second kappa shape index (κ2) is 6.37. The zero-order valence-corrected chi connectivity index (χ0v) is 16.5. The molecule has 0 atom stereocenters. The van der Waals surface area contributed by atoms with E-state index < -0.39 is 10.0 Å². The van der Waals surface area contributed by atoms with Crippen molar-refractivity contribution in [2.45, 2.75) is 57.3 Å². The smallest absolute Gasteiger partial charge is 0.262 e. The second-order valence-electron chi connectivity index (χ2n) is 8.34. The maximum absolute atomic E-state index is 12.7. The second-order valence-corrected chi connectivity index (χ2v) is 10.0. The van der Waals surface area contributed by atoms with Crippen LogP contribution in [0.5, 0.6) is 5.75 Å². The highest BCUT2D eigenvalue weighted by atomic mass is 32.2. The van der Waals surface area contributed by atoms with E-state index in [4.69, 9.17) is 0 Å². The Bertz CT molecular complexity index is 858. The van der Waals surface area contributed by atoms with Gasteiger partial charge in [-0.3, -0.25) is 4.72 Å². The number of anilines is 1. The largest absolute Gasteiger partial charge is 0.505 e. The van der Waals surface area contributed by atoms with Gasteiger partial charge < -0.3 is 5.11 Å². The van der Waals surface area contributed by atoms with Gasteiger partial charge in [0, 0.05) is 5.56 Å². The normalized spacial score (nSPS) is 12.9. The molecule has 2 N–H and O–H groups in total. The molecule has 0 spiro atoms. The van der Waals surface area contributed by atoms with Gasteiger partial charge in [0.2, 0.25) is 0 Å². The number of aromatic hydroxyl groups is 1. The molecule has 0 saturated carbocycles. The Hall–Kier alpha value is -2.01. The van der Waals surface area contributed by atoms with Crippen LogP contribution in [-0.4, -0.2) is 13.5 Å². The molecule has 0 heterocycles. The lowest BCUT2D eigenvalue weighted by Gasteiger charge is -2.27. The van der Waals surface area contributed by atoms with Gasteiger partial charge in [-0.2, -0.15) is 0 Å². The molecule has 0 radical (unpaired) electrons. The molecular weight excluding hydrogens is 334 g/mol. The summed E-state index contributed by atoms with van der Waals surface area (Å²) in [5.41, 5.74) is 1.38. The predicted octanol–water partition coefficient (Wildman–Crippen LogP) is 4.79. The Kier molecular flexibility index (Phi) is 4.92. The number of phenols is 1. The summed E-state index contributed by atoms with van der Waals surface area (Å²) < 4.78 is 27.9. The molecule has 136 valence electrons. The lowest BCUT2D eigenvalue weighted by atomic mass is 9.80. The summed E-state index contributed by atoms with van der Waals surface area (Å²) in [5, 5.41) is 10.7. The van der Waals surface area contributed by atoms with Gasteiger partial charge in [0.15, 0.2) is 0 Å². The van der Waals surface area contributed by atoms with E-state index in [9.17, 15) is 13.5 Å². The fourth-order valence-electron chi connectivity index (χ4n) is 2.52. The summed E-state index contributed by atoms with van der Waals surface area (Å²) in [7, 11) is -3.77. The quantitative estimate of drug-likeness (QED) is 0.773. The molecule has 5 heteroatoms. The molecule has 0 unspecified atom stereocenters. The molecule has 0 amide bonds. The fraction of sp³-hybridized carbons (Fsp3) is 0.400. The Labute approximate surface area is 151 Å². The SMILES string of the molecule is CC(C)(C)c1cc(NS(=O)(=O)c2ccccc2)c(O)c(C(C)(C)C)c1. The van der Waals surface area contributed by atoms with Crippen LogP contribution in [0.15, 0.2) is 47.4 Å². The predicted molar refractivity (Wildman–Crippen MR) is 103 cm³/mol. The van der Waals surface area contributed by atoms with Crippen LogP contribution in [0.3, 0.4) is 0 Å². The van der Waals surface area contributed by atoms with E-state index in [1.54, 1.807) is 24.3 Å². The maximum Gasteiger partial charge on any atom is 0.262 e. The van der Waals surface area contributed by atoms with Gasteiger partial charge in [0.1, 0.15) is 5.75 Å². The van der Waals surface area contributed by atoms with Crippen molar-refractivity contribution in [3.8, 4) is 5.75 Å². The molecular formula is C20H27NO3S. The first-order valence-corrected chi connectivity index (χ1v) is 9.76. The van der Waals surface area contributed by atoms with Gasteiger partial charge >= 0.3 is 0 Å². The van der Waals surface area contributed by atoms with Crippen LogP contribution in [0.2, 0.25) is 0 Å². The van der Waals surface area contributed by atoms with Crippen LogP contribution < -0.4 is 4.72 Å². The van der Waals surface area contributed by atoms with Crippen molar-refractivity contribution in [3.63, 3.8) is 0 Å². The van der Waals surface area contributed by atoms with E-state index in [2.05, 4.69) is 25.5 Å². The van der Waals surface area contributed by atoms with Gasteiger partial charge in [0.05, 0.1) is 10.6 Å². The molecule has 2 aromatic rings. The maximum atomic E-state index is 12.7. The standard InChI is InChI=1S/C20H27NO3S/c1-19(2,3)14-12-16(20(4,5)6)18(22)17(13-14)21-25(23,24)15-10-8-7-9-11-15/h7-13,21-22H,1-6H3. The number of sulfonamides is 1. The molecule has 0 fully saturated rings. The Balaban J connectivity index is 2.61. The number of hydrogen-bond acceptors (Lipinski definition) is 3. The first-order chi connectivity index (χ1) is 11.3. The molecule has 0 aliphatic heterocycles. The first kappa shape index (κ1) is 19.3. The number of hydrogen-bond donors (Lipinski definition) is 2. The highest BCUT2D eigenvalue weighted by molar-refractivity contribution is 7.92. The monoisotopic (exact) mass is 361 g/mol. The van der Waals surface area contributed by atoms with Crippen LogP contribution in [0, 0.1) is 0 Å². The zero-order valence-electron chi connectivity index (χ0n) is 15.7. The van der Waals surface area contributed by atoms with Crippen molar-refractivity contribution in [1.82, 2.24) is 0 Å². The summed E-state index contributed by atoms with van der Waals surface area (Å²) in [6, 6.07) is 11.8. The first-order valence-electron chi connectivity index (χ1n) is 8.28. The van der Waals surface area contributed by atoms with Gasteiger partial charge in [-0.15, -0.1) is 0 Å². The molecule has 4 nitrogen and oxygen atoms in total. The van der Waals surface area contributed by atoms with E-state index in [0.29, 0.717) is 5.56 Å². The summed E-state index contributed by atoms with van der Waals surface area (Å²) in [6.45, 7) is 12.1. The lowest BCUT2D eigenvalue weighted by molar-refractivity contribution is 0.447. The van der Waals surface area contributed by atoms with E-state index in [-0.39, 0.29) is 27.2 Å². The third-order valence-electron chi connectivity index (χ3n) is 4.08. The molecule has 0 saturated heterocycles. The number of benzene rings is 2. The average Bonchev–Trinajstić information content (AvgIpc) is 2.47. The average molecular weight is 362 g/mol. The van der Waals surface area contributed by atoms with Crippen molar-refractivity contribution in [2.75, 3.05) is 4.72 Å². The lowest BCUT2D eigenvalue weighted by Crippen LogP contribution is -2.19. The zero-order chi connectivity index (χ0) is 19.0. The molecule has 25 heavy (non-hydrogen) atoms. The minimum absolute atomic E-state index is 0.0278. The number of rotatable bonds is 3. The van der Waals surface area contributed by atoms with Gasteiger partial charge in [-0.05, 0) is 34.6 Å². The minimum Gasteiger partial charge on any atom is -0.505 e. The van der Waals surface area contributed by atoms with Crippen LogP contribution in [-0.2, 0) is 20.9 Å². The Morgan fingerprint density at radius 1 is 0.880 bits per heavy atom. The topological polar surface area (TPSA) is 66.4 Å². The van der Waals surface area contributed by atoms with E-state index in [0.717, 1.165) is 5.56 Å². The molecule has 0 aromatic heterocycles. The Morgan fingerprint density at radius 3 is 1.92 bits per heavy atom. The summed E-state index contributed by atoms with van der Waals surface area (Å²) in [6.07, 6.45) is 0. The van der Waals surface area contributed by atoms with Crippen LogP contribution in [0.4, 0.5) is 5.69 Å². The summed E-state index contributed by atoms with van der Waals surface area (Å²) in [5.74, 6) is -0.0278. The molecule has 2 rings (SSSR count). The van der Waals surface area contributed by atoms with E-state index in [1.165, 1.54) is 12.1 Å². The Morgan fingerprint density at radius 2 is 1.44 bits per heavy atom. The summed E-state index contributed by atoms with van der Waals surface area (Å²) in [4.78, 5) is 0.160. The molecule has 2 aromatic carbocycles. The van der Waals surface area contributed by atoms with Crippen molar-refractivity contribution < 1.29 is 13.5 Å². The highest BCUT2D eigenvalue weighted by Crippen LogP contribution is 2.40. The number of phenolic OH excluding ortho intramolecular Hbond substituents is 1. The van der Waals surface area contributed by atoms with Crippen molar-refractivity contribution in [1.29, 1.82) is 0 Å². The van der Waals surface area contributed by atoms with Crippen LogP contribution in [0.1, 0.15) is 52.7 Å². The van der Waals surface area contributed by atoms with Gasteiger partial charge in [-0.25, -0.2) is 8.42 Å². The van der Waals surface area contributed by atoms with Crippen LogP contribution in [0.25, 0.3) is 0 Å². The van der Waals surface area contributed by atoms with Gasteiger partial charge in [0.25, 0.3) is 10.0 Å². The number of nitrogens with one attached hydrogen (secondary N) is 1. The van der Waals surface area contributed by atoms with Crippen LogP contribution >= 0.6 is 0 Å². The third kappa shape index (κ3) is 4.34. The van der Waals surface area contributed by atoms with Gasteiger partial charge in [-0.1, -0.05) is 65.8 Å². The van der Waals surface area contributed by atoms with E-state index >= 15 is 0 Å². The summed E-state index contributed by atoms with van der Waals surface area (Å²) >= 11 is 0. The highest BCUT2D eigenvalue weighted by Gasteiger charge is 2.26. The van der Waals surface area contributed by atoms with Crippen molar-refractivity contribution in [2.24, 2.45) is 0 Å². The van der Waals surface area contributed by atoms with Crippen molar-refractivity contribution in [3.05, 3.63) is 53.6 Å². The van der Waals surface area contributed by atoms with Crippen molar-refractivity contribution >= 4 is 15.7 Å². The molecule has 0 aliphatic carbocycles. The molecule has 0 bridgehead atoms.